The second kappa shape index (κ2) is 8.24. The van der Waals surface area contributed by atoms with Crippen molar-refractivity contribution < 1.29 is 14.3 Å². The Labute approximate surface area is 180 Å². The molecular formula is C23H27N3O3S. The Morgan fingerprint density at radius 3 is 2.67 bits per heavy atom. The number of carbonyl (C=O) groups excluding carboxylic acids is 2. The highest BCUT2D eigenvalue weighted by Gasteiger charge is 2.47. The molecule has 0 aliphatic carbocycles. The molecule has 2 amide bonds. The zero-order valence-electron chi connectivity index (χ0n) is 17.6. The lowest BCUT2D eigenvalue weighted by Gasteiger charge is -2.44. The molecule has 2 aromatic heterocycles. The number of thiophene rings is 1. The van der Waals surface area contributed by atoms with Gasteiger partial charge >= 0.3 is 0 Å². The van der Waals surface area contributed by atoms with E-state index in [9.17, 15) is 9.59 Å². The standard InChI is InChI=1S/C23H27N3O3S/c1-4-16-5-7-17(8-6-16)14-26-20(27)19-13-18-9-12-30-21(18)25(19)15-23(26,2)22(28)24-10-11-29-3/h5-9,12-13H,4,10-11,14-15H2,1-3H3,(H,24,28)/t23-/m0/s1. The molecule has 1 atom stereocenters. The quantitative estimate of drug-likeness (QED) is 0.590. The third-order valence-electron chi connectivity index (χ3n) is 5.88. The van der Waals surface area contributed by atoms with E-state index in [0.29, 0.717) is 31.9 Å². The van der Waals surface area contributed by atoms with Crippen LogP contribution in [0.2, 0.25) is 0 Å². The molecule has 1 aromatic carbocycles. The number of methoxy groups -OCH3 is 1. The number of ether oxygens (including phenoxy) is 1. The number of aromatic nitrogens is 1. The van der Waals surface area contributed by atoms with Gasteiger partial charge in [0.2, 0.25) is 5.91 Å². The number of hydrogen-bond acceptors (Lipinski definition) is 4. The average molecular weight is 426 g/mol. The fourth-order valence-corrected chi connectivity index (χ4v) is 4.92. The summed E-state index contributed by atoms with van der Waals surface area (Å²) in [5.74, 6) is -0.282. The molecule has 0 saturated heterocycles. The molecule has 1 aliphatic rings. The lowest BCUT2D eigenvalue weighted by atomic mass is 9.93. The molecule has 0 bridgehead atoms. The number of aryl methyl sites for hydroxylation is 1. The van der Waals surface area contributed by atoms with Crippen molar-refractivity contribution in [2.75, 3.05) is 20.3 Å². The number of hydrogen-bond donors (Lipinski definition) is 1. The maximum Gasteiger partial charge on any atom is 0.271 e. The molecule has 0 spiro atoms. The topological polar surface area (TPSA) is 63.6 Å². The normalized spacial score (nSPS) is 18.6. The highest BCUT2D eigenvalue weighted by Crippen LogP contribution is 2.35. The van der Waals surface area contributed by atoms with E-state index in [1.165, 1.54) is 5.56 Å². The molecule has 1 aliphatic heterocycles. The average Bonchev–Trinajstić information content (AvgIpc) is 3.34. The van der Waals surface area contributed by atoms with Crippen molar-refractivity contribution in [2.45, 2.75) is 38.9 Å². The summed E-state index contributed by atoms with van der Waals surface area (Å²) in [5, 5.41) is 6.00. The molecular weight excluding hydrogens is 398 g/mol. The Balaban J connectivity index is 1.71. The monoisotopic (exact) mass is 425 g/mol. The van der Waals surface area contributed by atoms with Crippen LogP contribution in [0.15, 0.2) is 41.8 Å². The van der Waals surface area contributed by atoms with Gasteiger partial charge in [-0.05, 0) is 42.0 Å². The highest BCUT2D eigenvalue weighted by atomic mass is 32.1. The molecule has 0 fully saturated rings. The van der Waals surface area contributed by atoms with E-state index in [4.69, 9.17) is 4.74 Å². The van der Waals surface area contributed by atoms with E-state index in [1.807, 2.05) is 41.1 Å². The van der Waals surface area contributed by atoms with Crippen molar-refractivity contribution >= 4 is 33.4 Å². The predicted molar refractivity (Wildman–Crippen MR) is 119 cm³/mol. The Kier molecular flexibility index (Phi) is 5.66. The Morgan fingerprint density at radius 2 is 1.97 bits per heavy atom. The minimum absolute atomic E-state index is 0.117. The molecule has 4 rings (SSSR count). The van der Waals surface area contributed by atoms with Crippen LogP contribution in [0.25, 0.3) is 10.2 Å². The third-order valence-corrected chi connectivity index (χ3v) is 6.83. The van der Waals surface area contributed by atoms with Gasteiger partial charge in [-0.15, -0.1) is 11.3 Å². The second-order valence-electron chi connectivity index (χ2n) is 7.88. The van der Waals surface area contributed by atoms with E-state index in [-0.39, 0.29) is 11.8 Å². The molecule has 1 N–H and O–H groups in total. The van der Waals surface area contributed by atoms with Crippen molar-refractivity contribution in [3.05, 3.63) is 58.6 Å². The summed E-state index contributed by atoms with van der Waals surface area (Å²) in [5.41, 5.74) is 1.90. The first-order chi connectivity index (χ1) is 14.5. The third kappa shape index (κ3) is 3.52. The highest BCUT2D eigenvalue weighted by molar-refractivity contribution is 7.16. The molecule has 7 heteroatoms. The maximum atomic E-state index is 13.6. The fourth-order valence-electron chi connectivity index (χ4n) is 4.03. The van der Waals surface area contributed by atoms with E-state index >= 15 is 0 Å². The Morgan fingerprint density at radius 1 is 1.23 bits per heavy atom. The maximum absolute atomic E-state index is 13.6. The molecule has 3 heterocycles. The van der Waals surface area contributed by atoms with Crippen LogP contribution >= 0.6 is 11.3 Å². The van der Waals surface area contributed by atoms with Gasteiger partial charge in [-0.3, -0.25) is 9.59 Å². The van der Waals surface area contributed by atoms with Crippen LogP contribution in [0.5, 0.6) is 0 Å². The van der Waals surface area contributed by atoms with Crippen molar-refractivity contribution in [3.63, 3.8) is 0 Å². The number of fused-ring (bicyclic) bond motifs is 3. The number of benzene rings is 1. The van der Waals surface area contributed by atoms with Gasteiger partial charge in [0.15, 0.2) is 0 Å². The van der Waals surface area contributed by atoms with Crippen molar-refractivity contribution in [1.29, 1.82) is 0 Å². The van der Waals surface area contributed by atoms with Gasteiger partial charge in [0, 0.05) is 25.6 Å². The minimum Gasteiger partial charge on any atom is -0.383 e. The zero-order chi connectivity index (χ0) is 21.3. The minimum atomic E-state index is -1.00. The Bertz CT molecular complexity index is 1070. The lowest BCUT2D eigenvalue weighted by Crippen LogP contribution is -2.63. The summed E-state index contributed by atoms with van der Waals surface area (Å²) in [4.78, 5) is 29.6. The van der Waals surface area contributed by atoms with Gasteiger partial charge in [0.25, 0.3) is 5.91 Å². The number of amides is 2. The van der Waals surface area contributed by atoms with Gasteiger partial charge in [0.1, 0.15) is 16.1 Å². The van der Waals surface area contributed by atoms with Gasteiger partial charge < -0.3 is 19.5 Å². The van der Waals surface area contributed by atoms with E-state index < -0.39 is 5.54 Å². The van der Waals surface area contributed by atoms with Crippen LogP contribution in [0, 0.1) is 0 Å². The molecule has 6 nitrogen and oxygen atoms in total. The summed E-state index contributed by atoms with van der Waals surface area (Å²) in [6.07, 6.45) is 0.965. The Hall–Kier alpha value is -2.64. The lowest BCUT2D eigenvalue weighted by molar-refractivity contribution is -0.133. The van der Waals surface area contributed by atoms with Crippen molar-refractivity contribution in [3.8, 4) is 0 Å². The van der Waals surface area contributed by atoms with Crippen LogP contribution in [0.4, 0.5) is 0 Å². The number of nitrogens with one attached hydrogen (secondary N) is 1. The first kappa shape index (κ1) is 20.6. The largest absolute Gasteiger partial charge is 0.383 e. The number of rotatable bonds is 7. The fraction of sp³-hybridized carbons (Fsp3) is 0.391. The summed E-state index contributed by atoms with van der Waals surface area (Å²) in [7, 11) is 1.60. The molecule has 0 unspecified atom stereocenters. The van der Waals surface area contributed by atoms with Crippen LogP contribution in [-0.2, 0) is 29.0 Å². The van der Waals surface area contributed by atoms with Gasteiger partial charge in [-0.2, -0.15) is 0 Å². The summed E-state index contributed by atoms with van der Waals surface area (Å²) < 4.78 is 7.07. The zero-order valence-corrected chi connectivity index (χ0v) is 18.4. The van der Waals surface area contributed by atoms with Crippen LogP contribution in [0.3, 0.4) is 0 Å². The van der Waals surface area contributed by atoms with Crippen molar-refractivity contribution in [1.82, 2.24) is 14.8 Å². The first-order valence-corrected chi connectivity index (χ1v) is 11.1. The summed E-state index contributed by atoms with van der Waals surface area (Å²) in [6.45, 7) is 5.61. The van der Waals surface area contributed by atoms with Gasteiger partial charge in [-0.1, -0.05) is 31.2 Å². The first-order valence-electron chi connectivity index (χ1n) is 10.2. The SMILES string of the molecule is CCc1ccc(CN2C(=O)c3cc4ccsc4n3C[C@@]2(C)C(=O)NCCOC)cc1. The molecule has 0 saturated carbocycles. The molecule has 158 valence electrons. The summed E-state index contributed by atoms with van der Waals surface area (Å²) in [6, 6.07) is 12.2. The summed E-state index contributed by atoms with van der Waals surface area (Å²) >= 11 is 1.59. The smallest absolute Gasteiger partial charge is 0.271 e. The molecule has 30 heavy (non-hydrogen) atoms. The van der Waals surface area contributed by atoms with Crippen molar-refractivity contribution in [2.24, 2.45) is 0 Å². The second-order valence-corrected chi connectivity index (χ2v) is 8.78. The van der Waals surface area contributed by atoms with Crippen LogP contribution < -0.4 is 5.32 Å². The van der Waals surface area contributed by atoms with Crippen LogP contribution in [0.1, 0.15) is 35.5 Å². The predicted octanol–water partition coefficient (Wildman–Crippen LogP) is 3.44. The van der Waals surface area contributed by atoms with E-state index in [0.717, 1.165) is 22.2 Å². The van der Waals surface area contributed by atoms with Gasteiger partial charge in [-0.25, -0.2) is 0 Å². The van der Waals surface area contributed by atoms with E-state index in [2.05, 4.69) is 24.4 Å². The molecule has 0 radical (unpaired) electrons. The molecule has 3 aromatic rings. The van der Waals surface area contributed by atoms with Gasteiger partial charge in [0.05, 0.1) is 13.2 Å². The van der Waals surface area contributed by atoms with Crippen LogP contribution in [-0.4, -0.2) is 47.1 Å². The number of carbonyl (C=O) groups is 2. The van der Waals surface area contributed by atoms with E-state index in [1.54, 1.807) is 23.3 Å². The number of nitrogens with zero attached hydrogens (tertiary/aromatic N) is 2.